The van der Waals surface area contributed by atoms with Gasteiger partial charge in [-0.2, -0.15) is 0 Å². The van der Waals surface area contributed by atoms with Crippen LogP contribution in [-0.4, -0.2) is 25.3 Å². The molecule has 0 radical (unpaired) electrons. The first-order valence-corrected chi connectivity index (χ1v) is 6.64. The van der Waals surface area contributed by atoms with Crippen LogP contribution in [0.2, 0.25) is 0 Å². The molecule has 1 aliphatic rings. The van der Waals surface area contributed by atoms with Crippen LogP contribution >= 0.6 is 0 Å². The molecule has 0 spiro atoms. The van der Waals surface area contributed by atoms with Crippen LogP contribution in [0.25, 0.3) is 10.9 Å². The molecule has 0 amide bonds. The van der Waals surface area contributed by atoms with Crippen LogP contribution in [-0.2, 0) is 9.31 Å². The lowest BCUT2D eigenvalue weighted by Crippen LogP contribution is -2.47. The molecular formula is C15H18BNO2. The van der Waals surface area contributed by atoms with Gasteiger partial charge in [-0.3, -0.25) is 4.98 Å². The van der Waals surface area contributed by atoms with E-state index in [9.17, 15) is 0 Å². The van der Waals surface area contributed by atoms with Gasteiger partial charge in [-0.05, 0) is 29.9 Å². The summed E-state index contributed by atoms with van der Waals surface area (Å²) in [4.78, 5) is 4.50. The summed E-state index contributed by atoms with van der Waals surface area (Å²) in [6, 6.07) is 10.3. The van der Waals surface area contributed by atoms with Gasteiger partial charge in [0.15, 0.2) is 0 Å². The number of rotatable bonds is 1. The van der Waals surface area contributed by atoms with Gasteiger partial charge < -0.3 is 9.31 Å². The van der Waals surface area contributed by atoms with Crippen molar-refractivity contribution in [3.63, 3.8) is 0 Å². The molecule has 0 bridgehead atoms. The number of fused-ring (bicyclic) bond motifs is 1. The normalized spacial score (nSPS) is 18.8. The topological polar surface area (TPSA) is 31.4 Å². The minimum Gasteiger partial charge on any atom is -0.407 e. The summed E-state index contributed by atoms with van der Waals surface area (Å²) in [7, 11) is -0.251. The van der Waals surface area contributed by atoms with Crippen molar-refractivity contribution in [3.8, 4) is 0 Å². The Labute approximate surface area is 114 Å². The summed E-state index contributed by atoms with van der Waals surface area (Å²) in [5, 5.41) is 1.13. The highest BCUT2D eigenvalue weighted by molar-refractivity contribution is 6.61. The van der Waals surface area contributed by atoms with Gasteiger partial charge in [-0.1, -0.05) is 32.0 Å². The Kier molecular flexibility index (Phi) is 3.07. The summed E-state index contributed by atoms with van der Waals surface area (Å²) in [6.07, 6.45) is 0. The van der Waals surface area contributed by atoms with Crippen LogP contribution in [0.5, 0.6) is 0 Å². The average molecular weight is 255 g/mol. The standard InChI is InChI=1S/C15H18BNO2/c1-11-4-5-12-8-13(6-7-14(12)17-11)16-18-9-15(2,3)10-19-16/h4-8H,9-10H2,1-3H3. The number of pyridine rings is 1. The number of hydrogen-bond donors (Lipinski definition) is 0. The maximum absolute atomic E-state index is 5.81. The van der Waals surface area contributed by atoms with Crippen LogP contribution in [0, 0.1) is 12.3 Å². The van der Waals surface area contributed by atoms with E-state index in [0.717, 1.165) is 35.3 Å². The molecule has 0 aliphatic carbocycles. The van der Waals surface area contributed by atoms with Crippen molar-refractivity contribution < 1.29 is 9.31 Å². The van der Waals surface area contributed by atoms with E-state index in [1.165, 1.54) is 0 Å². The Hall–Kier alpha value is -1.39. The van der Waals surface area contributed by atoms with Crippen LogP contribution < -0.4 is 5.46 Å². The Morgan fingerprint density at radius 3 is 2.58 bits per heavy atom. The molecule has 1 aromatic carbocycles. The highest BCUT2D eigenvalue weighted by Gasteiger charge is 2.33. The first kappa shape index (κ1) is 12.6. The molecule has 1 saturated heterocycles. The van der Waals surface area contributed by atoms with E-state index < -0.39 is 0 Å². The van der Waals surface area contributed by atoms with Crippen molar-refractivity contribution in [2.24, 2.45) is 5.41 Å². The van der Waals surface area contributed by atoms with Crippen molar-refractivity contribution in [2.45, 2.75) is 20.8 Å². The van der Waals surface area contributed by atoms with E-state index in [1.54, 1.807) is 0 Å². The van der Waals surface area contributed by atoms with Gasteiger partial charge in [-0.15, -0.1) is 0 Å². The summed E-state index contributed by atoms with van der Waals surface area (Å²) in [5.74, 6) is 0. The van der Waals surface area contributed by atoms with Crippen molar-refractivity contribution >= 4 is 23.5 Å². The SMILES string of the molecule is Cc1ccc2cc(B3OCC(C)(C)CO3)ccc2n1. The Morgan fingerprint density at radius 2 is 1.84 bits per heavy atom. The number of nitrogens with zero attached hydrogens (tertiary/aromatic N) is 1. The molecule has 0 N–H and O–H groups in total. The molecule has 1 aliphatic heterocycles. The second-order valence-electron chi connectivity index (χ2n) is 6.02. The lowest BCUT2D eigenvalue weighted by molar-refractivity contribution is 0.0343. The molecule has 19 heavy (non-hydrogen) atoms. The molecule has 1 aromatic heterocycles. The second kappa shape index (κ2) is 4.62. The molecule has 2 aromatic rings. The van der Waals surface area contributed by atoms with Crippen LogP contribution in [0.4, 0.5) is 0 Å². The zero-order valence-electron chi connectivity index (χ0n) is 11.6. The molecule has 98 valence electrons. The van der Waals surface area contributed by atoms with Crippen molar-refractivity contribution in [2.75, 3.05) is 13.2 Å². The number of benzene rings is 1. The third-order valence-corrected chi connectivity index (χ3v) is 3.38. The minimum absolute atomic E-state index is 0.103. The molecule has 3 rings (SSSR count). The average Bonchev–Trinajstić information content (AvgIpc) is 2.38. The van der Waals surface area contributed by atoms with E-state index in [-0.39, 0.29) is 12.5 Å². The first-order valence-electron chi connectivity index (χ1n) is 6.64. The van der Waals surface area contributed by atoms with E-state index >= 15 is 0 Å². The molecular weight excluding hydrogens is 237 g/mol. The quantitative estimate of drug-likeness (QED) is 0.733. The Morgan fingerprint density at radius 1 is 1.11 bits per heavy atom. The van der Waals surface area contributed by atoms with Crippen LogP contribution in [0.3, 0.4) is 0 Å². The molecule has 0 saturated carbocycles. The third kappa shape index (κ3) is 2.65. The zero-order chi connectivity index (χ0) is 13.5. The smallest absolute Gasteiger partial charge is 0.407 e. The fourth-order valence-corrected chi connectivity index (χ4v) is 2.28. The fraction of sp³-hybridized carbons (Fsp3) is 0.400. The molecule has 1 fully saturated rings. The molecule has 4 heteroatoms. The van der Waals surface area contributed by atoms with Crippen LogP contribution in [0.15, 0.2) is 30.3 Å². The minimum atomic E-state index is -0.251. The van der Waals surface area contributed by atoms with Crippen molar-refractivity contribution in [1.82, 2.24) is 4.98 Å². The van der Waals surface area contributed by atoms with E-state index in [4.69, 9.17) is 9.31 Å². The highest BCUT2D eigenvalue weighted by Crippen LogP contribution is 2.21. The Balaban J connectivity index is 1.88. The van der Waals surface area contributed by atoms with Crippen LogP contribution in [0.1, 0.15) is 19.5 Å². The maximum atomic E-state index is 5.81. The van der Waals surface area contributed by atoms with Gasteiger partial charge in [0.05, 0.1) is 5.52 Å². The van der Waals surface area contributed by atoms with Gasteiger partial charge in [0, 0.05) is 24.3 Å². The van der Waals surface area contributed by atoms with E-state index in [1.807, 2.05) is 25.1 Å². The fourth-order valence-electron chi connectivity index (χ4n) is 2.28. The first-order chi connectivity index (χ1) is 9.03. The second-order valence-corrected chi connectivity index (χ2v) is 6.02. The largest absolute Gasteiger partial charge is 0.493 e. The molecule has 2 heterocycles. The van der Waals surface area contributed by atoms with Gasteiger partial charge in [0.25, 0.3) is 0 Å². The van der Waals surface area contributed by atoms with Crippen molar-refractivity contribution in [1.29, 1.82) is 0 Å². The monoisotopic (exact) mass is 255 g/mol. The van der Waals surface area contributed by atoms with E-state index in [0.29, 0.717) is 0 Å². The summed E-state index contributed by atoms with van der Waals surface area (Å²) in [6.45, 7) is 7.75. The van der Waals surface area contributed by atoms with Gasteiger partial charge in [0.1, 0.15) is 0 Å². The molecule has 0 unspecified atom stereocenters. The van der Waals surface area contributed by atoms with Gasteiger partial charge >= 0.3 is 7.12 Å². The highest BCUT2D eigenvalue weighted by atomic mass is 16.6. The lowest BCUT2D eigenvalue weighted by atomic mass is 9.75. The van der Waals surface area contributed by atoms with Gasteiger partial charge in [0.2, 0.25) is 0 Å². The number of hydrogen-bond acceptors (Lipinski definition) is 3. The zero-order valence-corrected chi connectivity index (χ0v) is 11.6. The molecule has 3 nitrogen and oxygen atoms in total. The van der Waals surface area contributed by atoms with Gasteiger partial charge in [-0.25, -0.2) is 0 Å². The Bertz CT molecular complexity index is 602. The predicted molar refractivity (Wildman–Crippen MR) is 77.6 cm³/mol. The summed E-state index contributed by atoms with van der Waals surface area (Å²) < 4.78 is 11.6. The maximum Gasteiger partial charge on any atom is 0.493 e. The lowest BCUT2D eigenvalue weighted by Gasteiger charge is -2.33. The van der Waals surface area contributed by atoms with Crippen molar-refractivity contribution in [3.05, 3.63) is 36.0 Å². The number of aryl methyl sites for hydroxylation is 1. The third-order valence-electron chi connectivity index (χ3n) is 3.38. The molecule has 0 atom stereocenters. The number of aromatic nitrogens is 1. The van der Waals surface area contributed by atoms with E-state index in [2.05, 4.69) is 31.0 Å². The summed E-state index contributed by atoms with van der Waals surface area (Å²) in [5.41, 5.74) is 3.21. The summed E-state index contributed by atoms with van der Waals surface area (Å²) >= 11 is 0. The predicted octanol–water partition coefficient (Wildman–Crippen LogP) is 2.31.